The number of rotatable bonds is 19. The summed E-state index contributed by atoms with van der Waals surface area (Å²) in [4.78, 5) is 0. The van der Waals surface area contributed by atoms with Crippen LogP contribution in [-0.4, -0.2) is 8.07 Å². The fraction of sp³-hybridized carbons (Fsp3) is 0.559. The number of halogens is 3. The van der Waals surface area contributed by atoms with Gasteiger partial charge in [-0.15, -0.1) is 34.8 Å². The van der Waals surface area contributed by atoms with Crippen molar-refractivity contribution in [2.45, 2.75) is 122 Å². The molecule has 3 aromatic carbocycles. The van der Waals surface area contributed by atoms with Gasteiger partial charge in [-0.2, -0.15) is 11.5 Å². The van der Waals surface area contributed by atoms with Gasteiger partial charge in [-0.25, -0.2) is 0 Å². The van der Waals surface area contributed by atoms with E-state index in [0.29, 0.717) is 0 Å². The van der Waals surface area contributed by atoms with Gasteiger partial charge in [0.2, 0.25) is 0 Å². The monoisotopic (exact) mass is 640 g/mol. The van der Waals surface area contributed by atoms with Crippen molar-refractivity contribution in [1.82, 2.24) is 0 Å². The number of unbranched alkanes of at least 4 members (excludes halogenated alkanes) is 15. The van der Waals surface area contributed by atoms with Gasteiger partial charge in [-0.3, -0.25) is 0 Å². The van der Waals surface area contributed by atoms with Crippen LogP contribution in [0.5, 0.6) is 0 Å². The first-order valence-corrected chi connectivity index (χ1v) is 17.7. The van der Waals surface area contributed by atoms with E-state index in [4.69, 9.17) is 0 Å². The van der Waals surface area contributed by atoms with E-state index in [1.807, 2.05) is 0 Å². The second-order valence-corrected chi connectivity index (χ2v) is 15.4. The largest absolute Gasteiger partial charge is 4.00 e. The summed E-state index contributed by atoms with van der Waals surface area (Å²) in [5, 5.41) is 6.02. The predicted octanol–water partition coefficient (Wildman–Crippen LogP) is 1.02. The van der Waals surface area contributed by atoms with Crippen molar-refractivity contribution in [3.8, 4) is 0 Å². The molecule has 0 aliphatic carbocycles. The van der Waals surface area contributed by atoms with Gasteiger partial charge in [0.15, 0.2) is 0 Å². The average Bonchev–Trinajstić information content (AvgIpc) is 3.34. The third-order valence-corrected chi connectivity index (χ3v) is 12.7. The normalized spacial score (nSPS) is 11.9. The van der Waals surface area contributed by atoms with Gasteiger partial charge >= 0.3 is 21.7 Å². The Bertz CT molecular complexity index is 913. The van der Waals surface area contributed by atoms with E-state index < -0.39 is 8.07 Å². The Morgan fingerprint density at radius 3 is 1.49 bits per heavy atom. The Morgan fingerprint density at radius 1 is 0.564 bits per heavy atom. The van der Waals surface area contributed by atoms with Gasteiger partial charge in [0.25, 0.3) is 0 Å². The molecule has 0 heterocycles. The first-order valence-electron chi connectivity index (χ1n) is 15.0. The molecule has 0 bridgehead atoms. The van der Waals surface area contributed by atoms with Crippen LogP contribution in [0.4, 0.5) is 0 Å². The molecular weight excluding hydrogens is 591 g/mol. The first-order chi connectivity index (χ1) is 17.2. The number of fused-ring (bicyclic) bond motifs is 1. The summed E-state index contributed by atoms with van der Waals surface area (Å²) in [6.07, 6.45) is 23.0. The van der Waals surface area contributed by atoms with Crippen molar-refractivity contribution in [3.05, 3.63) is 66.7 Å². The van der Waals surface area contributed by atoms with Gasteiger partial charge in [0, 0.05) is 0 Å². The zero-order valence-corrected chi connectivity index (χ0v) is 29.3. The standard InChI is InChI=1S/C34H51Si.3ClH.Ti/c1-3-4-5-6-7-8-9-10-11-12-13-14-15-16-17-23-28-35(2,33-26-19-18-20-27-33)34-29-31-24-21-22-25-32(31)30-34;;;;/h18-22,24-27,29-30H,3-17,23,28H2,1-2H3;3*1H;/q-1;;;;+4/p-3. The van der Waals surface area contributed by atoms with Crippen molar-refractivity contribution in [1.29, 1.82) is 0 Å². The second kappa shape index (κ2) is 24.5. The molecule has 0 aliphatic rings. The Balaban J connectivity index is 0. The summed E-state index contributed by atoms with van der Waals surface area (Å²) in [5.74, 6) is 0. The first kappa shape index (κ1) is 41.0. The zero-order valence-electron chi connectivity index (χ0n) is 24.5. The van der Waals surface area contributed by atoms with Crippen molar-refractivity contribution in [2.24, 2.45) is 0 Å². The summed E-state index contributed by atoms with van der Waals surface area (Å²) < 4.78 is 0. The molecule has 0 aromatic heterocycles. The molecule has 0 aliphatic heterocycles. The van der Waals surface area contributed by atoms with Gasteiger partial charge in [-0.1, -0.05) is 164 Å². The Hall–Kier alpha value is -0.149. The average molecular weight is 642 g/mol. The minimum Gasteiger partial charge on any atom is -1.00 e. The van der Waals surface area contributed by atoms with Crippen LogP contribution in [0.25, 0.3) is 10.8 Å². The smallest absolute Gasteiger partial charge is 1.00 e. The number of hydrogen-bond donors (Lipinski definition) is 0. The van der Waals surface area contributed by atoms with E-state index in [1.165, 1.54) is 120 Å². The third kappa shape index (κ3) is 14.5. The van der Waals surface area contributed by atoms with Crippen molar-refractivity contribution in [3.63, 3.8) is 0 Å². The molecule has 0 saturated carbocycles. The van der Waals surface area contributed by atoms with E-state index in [0.717, 1.165) is 0 Å². The van der Waals surface area contributed by atoms with Gasteiger partial charge < -0.3 is 37.2 Å². The summed E-state index contributed by atoms with van der Waals surface area (Å²) in [7, 11) is -1.69. The molecule has 5 heteroatoms. The maximum atomic E-state index is 2.60. The topological polar surface area (TPSA) is 0 Å². The van der Waals surface area contributed by atoms with Crippen LogP contribution in [0.3, 0.4) is 0 Å². The molecule has 3 rings (SSSR count). The molecule has 0 amide bonds. The summed E-state index contributed by atoms with van der Waals surface area (Å²) in [5.41, 5.74) is 0. The summed E-state index contributed by atoms with van der Waals surface area (Å²) in [6, 6.07) is 26.6. The van der Waals surface area contributed by atoms with Gasteiger partial charge in [0.1, 0.15) is 0 Å². The van der Waals surface area contributed by atoms with E-state index in [9.17, 15) is 0 Å². The molecule has 0 radical (unpaired) electrons. The van der Waals surface area contributed by atoms with Crippen LogP contribution < -0.4 is 47.6 Å². The molecular formula is C34H51Cl3SiTi. The summed E-state index contributed by atoms with van der Waals surface area (Å²) in [6.45, 7) is 4.90. The number of hydrogen-bond acceptors (Lipinski definition) is 0. The predicted molar refractivity (Wildman–Crippen MR) is 161 cm³/mol. The molecule has 0 nitrogen and oxygen atoms in total. The van der Waals surface area contributed by atoms with E-state index in [2.05, 4.69) is 80.2 Å². The Labute approximate surface area is 275 Å². The van der Waals surface area contributed by atoms with Crippen LogP contribution in [-0.2, 0) is 21.7 Å². The van der Waals surface area contributed by atoms with Crippen LogP contribution in [0.2, 0.25) is 12.6 Å². The summed E-state index contributed by atoms with van der Waals surface area (Å²) >= 11 is 0. The molecule has 39 heavy (non-hydrogen) atoms. The minimum atomic E-state index is -1.69. The van der Waals surface area contributed by atoms with E-state index >= 15 is 0 Å². The molecule has 0 saturated heterocycles. The van der Waals surface area contributed by atoms with Crippen molar-refractivity contribution in [2.75, 3.05) is 0 Å². The van der Waals surface area contributed by atoms with Gasteiger partial charge in [0.05, 0.1) is 8.07 Å². The molecule has 1 atom stereocenters. The molecule has 0 spiro atoms. The van der Waals surface area contributed by atoms with E-state index in [-0.39, 0.29) is 58.9 Å². The quantitative estimate of drug-likeness (QED) is 0.104. The molecule has 1 unspecified atom stereocenters. The van der Waals surface area contributed by atoms with Crippen LogP contribution >= 0.6 is 0 Å². The van der Waals surface area contributed by atoms with Crippen LogP contribution in [0, 0.1) is 0 Å². The molecule has 3 aromatic rings. The number of benzene rings is 2. The third-order valence-electron chi connectivity index (χ3n) is 8.20. The van der Waals surface area contributed by atoms with Crippen molar-refractivity contribution < 1.29 is 58.9 Å². The van der Waals surface area contributed by atoms with E-state index in [1.54, 1.807) is 10.4 Å². The minimum absolute atomic E-state index is 0. The fourth-order valence-electron chi connectivity index (χ4n) is 5.76. The molecule has 0 N–H and O–H groups in total. The maximum Gasteiger partial charge on any atom is 4.00 e. The fourth-order valence-corrected chi connectivity index (χ4v) is 9.50. The van der Waals surface area contributed by atoms with Gasteiger partial charge in [-0.05, 0) is 0 Å². The van der Waals surface area contributed by atoms with Crippen LogP contribution in [0.15, 0.2) is 66.7 Å². The van der Waals surface area contributed by atoms with Crippen LogP contribution in [0.1, 0.15) is 110 Å². The molecule has 0 fully saturated rings. The SMILES string of the molecule is CCCCCCCCCCCCCCCCCC[Si](C)(c1ccccc1)c1cc2ccccc2[cH-]1.[Cl-].[Cl-].[Cl-].[Ti+4]. The molecule has 216 valence electrons. The second-order valence-electron chi connectivity index (χ2n) is 11.1. The maximum absolute atomic E-state index is 2.60. The zero-order chi connectivity index (χ0) is 24.6. The Morgan fingerprint density at radius 2 is 1.00 bits per heavy atom. The Kier molecular flexibility index (Phi) is 25.7. The van der Waals surface area contributed by atoms with Crippen molar-refractivity contribution >= 4 is 29.2 Å².